The van der Waals surface area contributed by atoms with Gasteiger partial charge in [-0.15, -0.1) is 0 Å². The standard InChI is InChI=1S/C22H25BrN2/c23-19-13-10-18(11-14-19)21-15-12-17(7-3-1-2-6-16-24)20-8-4-5-9-22(20)25-21/h4-5,8-14H,1-3,6-7,15-16,24H2. The van der Waals surface area contributed by atoms with Gasteiger partial charge < -0.3 is 5.73 Å². The number of para-hydroxylation sites is 1. The van der Waals surface area contributed by atoms with E-state index >= 15 is 0 Å². The topological polar surface area (TPSA) is 38.4 Å². The number of rotatable bonds is 7. The second kappa shape index (κ2) is 9.12. The third-order valence-electron chi connectivity index (χ3n) is 4.62. The number of halogens is 1. The van der Waals surface area contributed by atoms with Gasteiger partial charge in [-0.2, -0.15) is 0 Å². The van der Waals surface area contributed by atoms with Gasteiger partial charge in [0.25, 0.3) is 0 Å². The molecule has 0 saturated heterocycles. The molecule has 1 aliphatic rings. The molecule has 0 radical (unpaired) electrons. The minimum Gasteiger partial charge on any atom is -0.330 e. The lowest BCUT2D eigenvalue weighted by Gasteiger charge is -2.09. The summed E-state index contributed by atoms with van der Waals surface area (Å²) >= 11 is 3.51. The van der Waals surface area contributed by atoms with Gasteiger partial charge in [-0.05, 0) is 55.1 Å². The summed E-state index contributed by atoms with van der Waals surface area (Å²) in [5, 5.41) is 0. The fourth-order valence-electron chi connectivity index (χ4n) is 3.24. The van der Waals surface area contributed by atoms with Crippen molar-refractivity contribution in [1.82, 2.24) is 0 Å². The average Bonchev–Trinajstić information content (AvgIpc) is 2.82. The molecule has 1 heterocycles. The van der Waals surface area contributed by atoms with Crippen LogP contribution in [0.3, 0.4) is 0 Å². The Morgan fingerprint density at radius 1 is 0.920 bits per heavy atom. The van der Waals surface area contributed by atoms with E-state index in [0.29, 0.717) is 0 Å². The molecule has 0 spiro atoms. The maximum absolute atomic E-state index is 5.59. The van der Waals surface area contributed by atoms with E-state index in [1.165, 1.54) is 36.0 Å². The van der Waals surface area contributed by atoms with E-state index in [9.17, 15) is 0 Å². The van der Waals surface area contributed by atoms with Gasteiger partial charge >= 0.3 is 0 Å². The largest absolute Gasteiger partial charge is 0.330 e. The van der Waals surface area contributed by atoms with Gasteiger partial charge in [0.2, 0.25) is 0 Å². The van der Waals surface area contributed by atoms with E-state index in [2.05, 4.69) is 70.5 Å². The van der Waals surface area contributed by atoms with Gasteiger partial charge in [-0.1, -0.05) is 65.2 Å². The number of fused-ring (bicyclic) bond motifs is 1. The third kappa shape index (κ3) is 4.90. The number of hydrogen-bond donors (Lipinski definition) is 1. The van der Waals surface area contributed by atoms with Gasteiger partial charge in [0.1, 0.15) is 0 Å². The van der Waals surface area contributed by atoms with Crippen molar-refractivity contribution in [2.45, 2.75) is 38.5 Å². The summed E-state index contributed by atoms with van der Waals surface area (Å²) in [7, 11) is 0. The summed E-state index contributed by atoms with van der Waals surface area (Å²) in [5.41, 5.74) is 11.7. The average molecular weight is 397 g/mol. The minimum atomic E-state index is 0.802. The van der Waals surface area contributed by atoms with E-state index in [0.717, 1.165) is 41.7 Å². The highest BCUT2D eigenvalue weighted by Crippen LogP contribution is 2.34. The summed E-state index contributed by atoms with van der Waals surface area (Å²) in [6.45, 7) is 0.802. The third-order valence-corrected chi connectivity index (χ3v) is 5.15. The highest BCUT2D eigenvalue weighted by atomic mass is 79.9. The molecule has 0 saturated carbocycles. The number of allylic oxidation sites excluding steroid dienone is 2. The molecule has 130 valence electrons. The van der Waals surface area contributed by atoms with Crippen LogP contribution in [-0.4, -0.2) is 12.3 Å². The van der Waals surface area contributed by atoms with E-state index in [-0.39, 0.29) is 0 Å². The Bertz CT molecular complexity index is 760. The van der Waals surface area contributed by atoms with Gasteiger partial charge in [0.15, 0.2) is 0 Å². The molecule has 2 aromatic rings. The first-order valence-electron chi connectivity index (χ1n) is 9.10. The van der Waals surface area contributed by atoms with Crippen molar-refractivity contribution >= 4 is 32.9 Å². The summed E-state index contributed by atoms with van der Waals surface area (Å²) in [6, 6.07) is 17.0. The minimum absolute atomic E-state index is 0.802. The van der Waals surface area contributed by atoms with Gasteiger partial charge in [0, 0.05) is 16.5 Å². The number of hydrogen-bond acceptors (Lipinski definition) is 2. The molecular weight excluding hydrogens is 372 g/mol. The zero-order valence-corrected chi connectivity index (χ0v) is 16.1. The second-order valence-electron chi connectivity index (χ2n) is 6.47. The van der Waals surface area contributed by atoms with Crippen molar-refractivity contribution in [1.29, 1.82) is 0 Å². The highest BCUT2D eigenvalue weighted by molar-refractivity contribution is 9.10. The Labute approximate surface area is 159 Å². The summed E-state index contributed by atoms with van der Waals surface area (Å²) in [6.07, 6.45) is 9.19. The molecule has 0 bridgehead atoms. The van der Waals surface area contributed by atoms with Crippen LogP contribution >= 0.6 is 15.9 Å². The molecule has 0 atom stereocenters. The predicted molar refractivity (Wildman–Crippen MR) is 112 cm³/mol. The molecule has 3 rings (SSSR count). The van der Waals surface area contributed by atoms with Crippen LogP contribution in [0, 0.1) is 0 Å². The van der Waals surface area contributed by atoms with E-state index < -0.39 is 0 Å². The molecule has 2 N–H and O–H groups in total. The van der Waals surface area contributed by atoms with Crippen molar-refractivity contribution in [2.24, 2.45) is 10.7 Å². The quantitative estimate of drug-likeness (QED) is 0.550. The molecule has 2 nitrogen and oxygen atoms in total. The Kier molecular flexibility index (Phi) is 6.60. The zero-order valence-electron chi connectivity index (χ0n) is 14.5. The fraction of sp³-hybridized carbons (Fsp3) is 0.318. The number of nitrogens with two attached hydrogens (primary N) is 1. The van der Waals surface area contributed by atoms with Crippen LogP contribution in [0.1, 0.15) is 49.7 Å². The molecule has 0 aliphatic carbocycles. The number of aliphatic imine (C=N–C) groups is 1. The Hall–Kier alpha value is -1.71. The smallest absolute Gasteiger partial charge is 0.0708 e. The van der Waals surface area contributed by atoms with E-state index in [4.69, 9.17) is 10.7 Å². The molecule has 0 aromatic heterocycles. The van der Waals surface area contributed by atoms with Crippen LogP contribution in [0.4, 0.5) is 5.69 Å². The predicted octanol–water partition coefficient (Wildman–Crippen LogP) is 6.27. The highest BCUT2D eigenvalue weighted by Gasteiger charge is 2.13. The normalized spacial score (nSPS) is 13.7. The lowest BCUT2D eigenvalue weighted by atomic mass is 9.97. The van der Waals surface area contributed by atoms with Crippen molar-refractivity contribution in [3.05, 3.63) is 70.2 Å². The molecule has 0 unspecified atom stereocenters. The Morgan fingerprint density at radius 2 is 1.68 bits per heavy atom. The van der Waals surface area contributed by atoms with Gasteiger partial charge in [0.05, 0.1) is 11.4 Å². The monoisotopic (exact) mass is 396 g/mol. The zero-order chi connectivity index (χ0) is 17.5. The lowest BCUT2D eigenvalue weighted by molar-refractivity contribution is 0.656. The van der Waals surface area contributed by atoms with Gasteiger partial charge in [-0.25, -0.2) is 0 Å². The van der Waals surface area contributed by atoms with E-state index in [1.807, 2.05) is 0 Å². The maximum Gasteiger partial charge on any atom is 0.0708 e. The number of unbranched alkanes of at least 4 members (excludes halogenated alkanes) is 3. The summed E-state index contributed by atoms with van der Waals surface area (Å²) in [4.78, 5) is 4.98. The SMILES string of the molecule is NCCCCCCC1=CCC(c2ccc(Br)cc2)=Nc2ccccc21. The van der Waals surface area contributed by atoms with Crippen LogP contribution in [0.2, 0.25) is 0 Å². The maximum atomic E-state index is 5.59. The van der Waals surface area contributed by atoms with Crippen LogP contribution in [-0.2, 0) is 0 Å². The van der Waals surface area contributed by atoms with Crippen molar-refractivity contribution in [3.8, 4) is 0 Å². The first-order chi connectivity index (χ1) is 12.3. The fourth-order valence-corrected chi connectivity index (χ4v) is 3.50. The first-order valence-corrected chi connectivity index (χ1v) is 9.89. The Morgan fingerprint density at radius 3 is 2.48 bits per heavy atom. The molecule has 1 aliphatic heterocycles. The molecular formula is C22H25BrN2. The van der Waals surface area contributed by atoms with Crippen molar-refractivity contribution < 1.29 is 0 Å². The number of nitrogens with zero attached hydrogens (tertiary/aromatic N) is 1. The van der Waals surface area contributed by atoms with Crippen LogP contribution in [0.25, 0.3) is 5.57 Å². The van der Waals surface area contributed by atoms with Crippen LogP contribution in [0.15, 0.2) is 64.1 Å². The number of benzene rings is 2. The van der Waals surface area contributed by atoms with Crippen molar-refractivity contribution in [2.75, 3.05) is 6.54 Å². The molecule has 0 amide bonds. The molecule has 25 heavy (non-hydrogen) atoms. The van der Waals surface area contributed by atoms with Gasteiger partial charge in [-0.3, -0.25) is 4.99 Å². The Balaban J connectivity index is 1.80. The van der Waals surface area contributed by atoms with Crippen LogP contribution < -0.4 is 5.73 Å². The van der Waals surface area contributed by atoms with E-state index in [1.54, 1.807) is 0 Å². The molecule has 0 fully saturated rings. The molecule has 3 heteroatoms. The van der Waals surface area contributed by atoms with Crippen LogP contribution in [0.5, 0.6) is 0 Å². The second-order valence-corrected chi connectivity index (χ2v) is 7.38. The summed E-state index contributed by atoms with van der Waals surface area (Å²) in [5.74, 6) is 0. The lowest BCUT2D eigenvalue weighted by Crippen LogP contribution is -1.98. The summed E-state index contributed by atoms with van der Waals surface area (Å²) < 4.78 is 1.10. The molecule has 2 aromatic carbocycles. The van der Waals surface area contributed by atoms with Crippen molar-refractivity contribution in [3.63, 3.8) is 0 Å². The first kappa shape index (κ1) is 18.1.